The molecule has 29 heavy (non-hydrogen) atoms. The van der Waals surface area contributed by atoms with E-state index in [4.69, 9.17) is 0 Å². The molecule has 2 atom stereocenters. The minimum Gasteiger partial charge on any atom is -0.383 e. The molecule has 6 heteroatoms. The number of aliphatic hydroxyl groups is 2. The fraction of sp³-hybridized carbons (Fsp3) is 0.130. The molecule has 0 aliphatic rings. The van der Waals surface area contributed by atoms with Gasteiger partial charge in [-0.1, -0.05) is 60.7 Å². The first kappa shape index (κ1) is 19.3. The number of carbonyl (C=O) groups excluding carboxylic acids is 1. The molecular weight excluding hydrogens is 384 g/mol. The maximum absolute atomic E-state index is 12.6. The Labute approximate surface area is 172 Å². The summed E-state index contributed by atoms with van der Waals surface area (Å²) in [6.45, 7) is 0. The predicted molar refractivity (Wildman–Crippen MR) is 115 cm³/mol. The number of fused-ring (bicyclic) bond motifs is 1. The molecule has 146 valence electrons. The van der Waals surface area contributed by atoms with Gasteiger partial charge in [0.1, 0.15) is 11.1 Å². The van der Waals surface area contributed by atoms with Gasteiger partial charge in [0.15, 0.2) is 6.10 Å². The Morgan fingerprint density at radius 1 is 0.931 bits per heavy atom. The van der Waals surface area contributed by atoms with Gasteiger partial charge in [-0.2, -0.15) is 0 Å². The molecule has 0 aliphatic heterocycles. The lowest BCUT2D eigenvalue weighted by atomic mass is 10.0. The molecule has 0 bridgehead atoms. The third kappa shape index (κ3) is 4.35. The second kappa shape index (κ2) is 8.53. The van der Waals surface area contributed by atoms with Gasteiger partial charge in [-0.25, -0.2) is 4.98 Å². The summed E-state index contributed by atoms with van der Waals surface area (Å²) in [4.78, 5) is 16.9. The molecule has 0 saturated heterocycles. The zero-order chi connectivity index (χ0) is 20.2. The molecule has 3 aromatic carbocycles. The fourth-order valence-corrected chi connectivity index (χ4v) is 4.10. The number of aliphatic hydroxyl groups excluding tert-OH is 2. The summed E-state index contributed by atoms with van der Waals surface area (Å²) in [7, 11) is 0. The first-order valence-corrected chi connectivity index (χ1v) is 10.1. The third-order valence-corrected chi connectivity index (χ3v) is 5.75. The first-order chi connectivity index (χ1) is 14.1. The summed E-state index contributed by atoms with van der Waals surface area (Å²) in [5.74, 6) is -0.669. The predicted octanol–water partition coefficient (Wildman–Crippen LogP) is 3.92. The number of nitrogens with one attached hydrogen (secondary N) is 1. The lowest BCUT2D eigenvalue weighted by molar-refractivity contribution is -0.129. The Bertz CT molecular complexity index is 1090. The highest BCUT2D eigenvalue weighted by molar-refractivity contribution is 7.18. The fourth-order valence-electron chi connectivity index (χ4n) is 3.11. The van der Waals surface area contributed by atoms with Crippen molar-refractivity contribution in [3.05, 3.63) is 95.0 Å². The van der Waals surface area contributed by atoms with Crippen molar-refractivity contribution in [3.8, 4) is 0 Å². The van der Waals surface area contributed by atoms with Crippen molar-refractivity contribution in [2.24, 2.45) is 0 Å². The van der Waals surface area contributed by atoms with Crippen molar-refractivity contribution in [1.29, 1.82) is 0 Å². The van der Waals surface area contributed by atoms with Crippen LogP contribution in [0.2, 0.25) is 0 Å². The summed E-state index contributed by atoms with van der Waals surface area (Å²) in [5.41, 5.74) is 3.38. The van der Waals surface area contributed by atoms with E-state index in [1.807, 2.05) is 72.8 Å². The maximum Gasteiger partial charge on any atom is 0.256 e. The Morgan fingerprint density at radius 3 is 2.41 bits per heavy atom. The summed E-state index contributed by atoms with van der Waals surface area (Å²) in [6, 6.07) is 24.8. The molecule has 3 N–H and O–H groups in total. The van der Waals surface area contributed by atoms with Crippen molar-refractivity contribution < 1.29 is 15.0 Å². The highest BCUT2D eigenvalue weighted by atomic mass is 32.1. The highest BCUT2D eigenvalue weighted by Gasteiger charge is 2.28. The zero-order valence-corrected chi connectivity index (χ0v) is 16.3. The van der Waals surface area contributed by atoms with Gasteiger partial charge in [0, 0.05) is 5.69 Å². The topological polar surface area (TPSA) is 82.5 Å². The molecule has 1 aromatic heterocycles. The molecule has 0 aliphatic carbocycles. The summed E-state index contributed by atoms with van der Waals surface area (Å²) in [6.07, 6.45) is -2.37. The lowest BCUT2D eigenvalue weighted by Crippen LogP contribution is -2.33. The van der Waals surface area contributed by atoms with E-state index in [0.717, 1.165) is 21.3 Å². The summed E-state index contributed by atoms with van der Waals surface area (Å²) >= 11 is 1.26. The highest BCUT2D eigenvalue weighted by Crippen LogP contribution is 2.28. The molecule has 4 aromatic rings. The third-order valence-electron chi connectivity index (χ3n) is 4.64. The molecule has 0 radical (unpaired) electrons. The van der Waals surface area contributed by atoms with Gasteiger partial charge >= 0.3 is 0 Å². The van der Waals surface area contributed by atoms with Gasteiger partial charge in [-0.3, -0.25) is 4.79 Å². The van der Waals surface area contributed by atoms with E-state index in [-0.39, 0.29) is 0 Å². The number of rotatable bonds is 6. The van der Waals surface area contributed by atoms with E-state index < -0.39 is 18.1 Å². The van der Waals surface area contributed by atoms with Gasteiger partial charge in [0.25, 0.3) is 5.91 Å². The molecular formula is C23H20N2O3S. The van der Waals surface area contributed by atoms with E-state index in [1.165, 1.54) is 11.3 Å². The van der Waals surface area contributed by atoms with Crippen LogP contribution in [0.4, 0.5) is 5.69 Å². The summed E-state index contributed by atoms with van der Waals surface area (Å²) in [5, 5.41) is 23.9. The Hall–Kier alpha value is -3.06. The van der Waals surface area contributed by atoms with Crippen molar-refractivity contribution in [2.75, 3.05) is 5.32 Å². The number of hydrogen-bond donors (Lipinski definition) is 3. The van der Waals surface area contributed by atoms with Crippen molar-refractivity contribution in [1.82, 2.24) is 4.98 Å². The molecule has 5 nitrogen and oxygen atoms in total. The SMILES string of the molecule is O=C(Nc1ccccc1Cc1ccccc1)C(O)C(O)c1nc2ccccc2s1. The number of thiazole rings is 1. The number of anilines is 1. The van der Waals surface area contributed by atoms with Crippen molar-refractivity contribution >= 4 is 33.1 Å². The molecule has 1 amide bonds. The molecule has 4 rings (SSSR count). The number of carbonyl (C=O) groups is 1. The van der Waals surface area contributed by atoms with E-state index in [1.54, 1.807) is 6.07 Å². The van der Waals surface area contributed by atoms with E-state index >= 15 is 0 Å². The lowest BCUT2D eigenvalue weighted by Gasteiger charge is -2.17. The monoisotopic (exact) mass is 404 g/mol. The van der Waals surface area contributed by atoms with Crippen LogP contribution in [0.5, 0.6) is 0 Å². The van der Waals surface area contributed by atoms with Gasteiger partial charge in [-0.05, 0) is 35.7 Å². The molecule has 2 unspecified atom stereocenters. The largest absolute Gasteiger partial charge is 0.383 e. The minimum absolute atomic E-state index is 0.312. The van der Waals surface area contributed by atoms with Crippen LogP contribution in [0.25, 0.3) is 10.2 Å². The van der Waals surface area contributed by atoms with Crippen LogP contribution in [0.15, 0.2) is 78.9 Å². The number of hydrogen-bond acceptors (Lipinski definition) is 5. The number of nitrogens with zero attached hydrogens (tertiary/aromatic N) is 1. The van der Waals surface area contributed by atoms with Crippen LogP contribution in [-0.2, 0) is 11.2 Å². The second-order valence-corrected chi connectivity index (χ2v) is 7.78. The van der Waals surface area contributed by atoms with Gasteiger partial charge < -0.3 is 15.5 Å². The number of para-hydroxylation sites is 2. The molecule has 1 heterocycles. The Kier molecular flexibility index (Phi) is 5.67. The maximum atomic E-state index is 12.6. The smallest absolute Gasteiger partial charge is 0.256 e. The normalized spacial score (nSPS) is 13.2. The molecule has 0 fully saturated rings. The zero-order valence-electron chi connectivity index (χ0n) is 15.5. The Morgan fingerprint density at radius 2 is 1.62 bits per heavy atom. The van der Waals surface area contributed by atoms with Crippen molar-refractivity contribution in [3.63, 3.8) is 0 Å². The van der Waals surface area contributed by atoms with Crippen LogP contribution >= 0.6 is 11.3 Å². The average molecular weight is 404 g/mol. The average Bonchev–Trinajstić information content (AvgIpc) is 3.19. The molecule has 0 saturated carbocycles. The van der Waals surface area contributed by atoms with Crippen LogP contribution in [0.3, 0.4) is 0 Å². The van der Waals surface area contributed by atoms with Crippen LogP contribution < -0.4 is 5.32 Å². The molecule has 0 spiro atoms. The first-order valence-electron chi connectivity index (χ1n) is 9.26. The van der Waals surface area contributed by atoms with Crippen LogP contribution in [-0.4, -0.2) is 27.2 Å². The van der Waals surface area contributed by atoms with E-state index in [2.05, 4.69) is 10.3 Å². The quantitative estimate of drug-likeness (QED) is 0.455. The minimum atomic E-state index is -1.62. The number of aromatic nitrogens is 1. The second-order valence-electron chi connectivity index (χ2n) is 6.72. The van der Waals surface area contributed by atoms with Crippen LogP contribution in [0, 0.1) is 0 Å². The van der Waals surface area contributed by atoms with Gasteiger partial charge in [0.05, 0.1) is 10.2 Å². The van der Waals surface area contributed by atoms with Crippen molar-refractivity contribution in [2.45, 2.75) is 18.6 Å². The number of amides is 1. The Balaban J connectivity index is 1.50. The van der Waals surface area contributed by atoms with Crippen LogP contribution in [0.1, 0.15) is 22.2 Å². The summed E-state index contributed by atoms with van der Waals surface area (Å²) < 4.78 is 0.891. The van der Waals surface area contributed by atoms with E-state index in [0.29, 0.717) is 17.1 Å². The van der Waals surface area contributed by atoms with Gasteiger partial charge in [-0.15, -0.1) is 11.3 Å². The van der Waals surface area contributed by atoms with Gasteiger partial charge in [0.2, 0.25) is 0 Å². The van der Waals surface area contributed by atoms with E-state index in [9.17, 15) is 15.0 Å². The standard InChI is InChI=1S/C23H20N2O3S/c26-20(21(27)23-25-18-12-6-7-13-19(18)29-23)22(28)24-17-11-5-4-10-16(17)14-15-8-2-1-3-9-15/h1-13,20-21,26-27H,14H2,(H,24,28). The number of benzene rings is 3.